The Hall–Kier alpha value is -2.84. The molecule has 0 aliphatic heterocycles. The van der Waals surface area contributed by atoms with Crippen molar-refractivity contribution in [3.8, 4) is 5.75 Å². The first-order valence-corrected chi connectivity index (χ1v) is 8.27. The van der Waals surface area contributed by atoms with Crippen LogP contribution >= 0.6 is 23.2 Å². The smallest absolute Gasteiger partial charge is 0.310 e. The van der Waals surface area contributed by atoms with E-state index in [1.54, 1.807) is 18.2 Å². The molecule has 0 unspecified atom stereocenters. The van der Waals surface area contributed by atoms with Crippen molar-refractivity contribution in [2.75, 3.05) is 19.0 Å². The third kappa shape index (κ3) is 5.83. The van der Waals surface area contributed by atoms with Gasteiger partial charge in [-0.15, -0.1) is 0 Å². The highest BCUT2D eigenvalue weighted by Gasteiger charge is 2.18. The van der Waals surface area contributed by atoms with Crippen molar-refractivity contribution in [1.82, 2.24) is 0 Å². The average Bonchev–Trinajstić information content (AvgIpc) is 2.61. The molecule has 0 aliphatic carbocycles. The summed E-state index contributed by atoms with van der Waals surface area (Å²) < 4.78 is 10.0. The van der Waals surface area contributed by atoms with Crippen LogP contribution in [0.4, 0.5) is 11.4 Å². The minimum atomic E-state index is -0.730. The Morgan fingerprint density at radius 3 is 2.48 bits per heavy atom. The lowest BCUT2D eigenvalue weighted by Gasteiger charge is -2.10. The molecule has 0 atom stereocenters. The molecule has 1 N–H and O–H groups in total. The number of amides is 1. The Balaban J connectivity index is 1.95. The second-order valence-corrected chi connectivity index (χ2v) is 6.13. The van der Waals surface area contributed by atoms with E-state index in [0.717, 1.165) is 6.07 Å². The molecule has 0 saturated heterocycles. The number of carbonyl (C=O) groups is 2. The predicted octanol–water partition coefficient (Wildman–Crippen LogP) is 3.63. The van der Waals surface area contributed by atoms with E-state index in [2.05, 4.69) is 5.32 Å². The molecule has 27 heavy (non-hydrogen) atoms. The topological polar surface area (TPSA) is 108 Å². The number of hydrogen-bond donors (Lipinski definition) is 1. The molecule has 2 aromatic carbocycles. The molecule has 0 spiro atoms. The molecule has 10 heteroatoms. The van der Waals surface area contributed by atoms with E-state index in [0.29, 0.717) is 16.3 Å². The Kier molecular flexibility index (Phi) is 6.98. The zero-order chi connectivity index (χ0) is 20.0. The standard InChI is InChI=1S/C17H14Cl2N2O6/c1-26-15-5-3-11(18)6-10(15)7-17(23)27-9-16(22)20-13-4-2-12(19)8-14(13)21(24)25/h2-6,8H,7,9H2,1H3,(H,20,22). The van der Waals surface area contributed by atoms with Gasteiger partial charge in [0.15, 0.2) is 6.61 Å². The number of carbonyl (C=O) groups excluding carboxylic acids is 2. The fourth-order valence-corrected chi connectivity index (χ4v) is 2.55. The highest BCUT2D eigenvalue weighted by Crippen LogP contribution is 2.27. The largest absolute Gasteiger partial charge is 0.496 e. The summed E-state index contributed by atoms with van der Waals surface area (Å²) in [4.78, 5) is 34.2. The zero-order valence-electron chi connectivity index (χ0n) is 14.0. The highest BCUT2D eigenvalue weighted by atomic mass is 35.5. The first kappa shape index (κ1) is 20.5. The number of rotatable bonds is 7. The number of nitro benzene ring substituents is 1. The lowest BCUT2D eigenvalue weighted by Crippen LogP contribution is -2.22. The Bertz CT molecular complexity index is 888. The van der Waals surface area contributed by atoms with E-state index >= 15 is 0 Å². The summed E-state index contributed by atoms with van der Waals surface area (Å²) in [6.07, 6.45) is -0.155. The van der Waals surface area contributed by atoms with Gasteiger partial charge in [0.1, 0.15) is 11.4 Å². The first-order chi connectivity index (χ1) is 12.8. The first-order valence-electron chi connectivity index (χ1n) is 7.52. The lowest BCUT2D eigenvalue weighted by molar-refractivity contribution is -0.383. The number of nitro groups is 1. The van der Waals surface area contributed by atoms with Gasteiger partial charge >= 0.3 is 5.97 Å². The summed E-state index contributed by atoms with van der Waals surface area (Å²) in [5.74, 6) is -0.958. The summed E-state index contributed by atoms with van der Waals surface area (Å²) >= 11 is 11.6. The number of nitrogens with one attached hydrogen (secondary N) is 1. The van der Waals surface area contributed by atoms with Crippen molar-refractivity contribution in [2.45, 2.75) is 6.42 Å². The molecular formula is C17H14Cl2N2O6. The number of anilines is 1. The van der Waals surface area contributed by atoms with E-state index in [-0.39, 0.29) is 22.8 Å². The molecule has 2 rings (SSSR count). The van der Waals surface area contributed by atoms with E-state index < -0.39 is 23.4 Å². The van der Waals surface area contributed by atoms with Crippen LogP contribution in [0.5, 0.6) is 5.75 Å². The van der Waals surface area contributed by atoms with Crippen molar-refractivity contribution >= 4 is 46.5 Å². The number of halogens is 2. The van der Waals surface area contributed by atoms with Crippen molar-refractivity contribution in [2.24, 2.45) is 0 Å². The van der Waals surface area contributed by atoms with Crippen LogP contribution in [0.1, 0.15) is 5.56 Å². The molecule has 1 amide bonds. The number of benzene rings is 2. The summed E-state index contributed by atoms with van der Waals surface area (Å²) in [6.45, 7) is -0.610. The Morgan fingerprint density at radius 1 is 1.15 bits per heavy atom. The third-order valence-electron chi connectivity index (χ3n) is 3.37. The van der Waals surface area contributed by atoms with Crippen LogP contribution < -0.4 is 10.1 Å². The van der Waals surface area contributed by atoms with Crippen molar-refractivity contribution in [1.29, 1.82) is 0 Å². The van der Waals surface area contributed by atoms with Crippen molar-refractivity contribution < 1.29 is 24.0 Å². The molecule has 0 aromatic heterocycles. The fraction of sp³-hybridized carbons (Fsp3) is 0.176. The van der Waals surface area contributed by atoms with Gasteiger partial charge in [-0.1, -0.05) is 23.2 Å². The number of methoxy groups -OCH3 is 1. The lowest BCUT2D eigenvalue weighted by atomic mass is 10.1. The molecule has 0 radical (unpaired) electrons. The Morgan fingerprint density at radius 2 is 1.81 bits per heavy atom. The van der Waals surface area contributed by atoms with Gasteiger partial charge in [0.25, 0.3) is 11.6 Å². The minimum absolute atomic E-state index is 0.0537. The molecule has 0 aliphatic rings. The maximum atomic E-state index is 11.9. The maximum Gasteiger partial charge on any atom is 0.310 e. The molecule has 0 saturated carbocycles. The maximum absolute atomic E-state index is 11.9. The van der Waals surface area contributed by atoms with Gasteiger partial charge in [0.05, 0.1) is 18.5 Å². The minimum Gasteiger partial charge on any atom is -0.496 e. The number of esters is 1. The summed E-state index contributed by atoms with van der Waals surface area (Å²) in [5, 5.41) is 13.9. The summed E-state index contributed by atoms with van der Waals surface area (Å²) in [5.41, 5.74) is 0.0801. The van der Waals surface area contributed by atoms with Crippen LogP contribution in [0.3, 0.4) is 0 Å². The molecule has 2 aromatic rings. The van der Waals surface area contributed by atoms with Crippen LogP contribution in [0, 0.1) is 10.1 Å². The molecular weight excluding hydrogens is 399 g/mol. The quantitative estimate of drug-likeness (QED) is 0.422. The van der Waals surface area contributed by atoms with Gasteiger partial charge in [0, 0.05) is 21.7 Å². The van der Waals surface area contributed by atoms with Gasteiger partial charge in [0.2, 0.25) is 0 Å². The number of nitrogens with zero attached hydrogens (tertiary/aromatic N) is 1. The van der Waals surface area contributed by atoms with Crippen molar-refractivity contribution in [3.05, 3.63) is 62.1 Å². The van der Waals surface area contributed by atoms with E-state index in [4.69, 9.17) is 32.7 Å². The zero-order valence-corrected chi connectivity index (χ0v) is 15.5. The molecule has 0 heterocycles. The SMILES string of the molecule is COc1ccc(Cl)cc1CC(=O)OCC(=O)Nc1ccc(Cl)cc1[N+](=O)[O-]. The van der Waals surface area contributed by atoms with Crippen LogP contribution in [0.25, 0.3) is 0 Å². The van der Waals surface area contributed by atoms with Crippen LogP contribution in [-0.2, 0) is 20.7 Å². The summed E-state index contributed by atoms with van der Waals surface area (Å²) in [6, 6.07) is 8.56. The van der Waals surface area contributed by atoms with Gasteiger partial charge in [-0.2, -0.15) is 0 Å². The third-order valence-corrected chi connectivity index (χ3v) is 3.84. The molecule has 8 nitrogen and oxygen atoms in total. The Labute approximate surface area is 164 Å². The van der Waals surface area contributed by atoms with Gasteiger partial charge in [-0.05, 0) is 30.3 Å². The van der Waals surface area contributed by atoms with Crippen LogP contribution in [-0.4, -0.2) is 30.5 Å². The predicted molar refractivity (Wildman–Crippen MR) is 99.4 cm³/mol. The highest BCUT2D eigenvalue weighted by molar-refractivity contribution is 6.31. The fourth-order valence-electron chi connectivity index (χ4n) is 2.19. The van der Waals surface area contributed by atoms with E-state index in [9.17, 15) is 19.7 Å². The van der Waals surface area contributed by atoms with Crippen LogP contribution in [0.2, 0.25) is 10.0 Å². The second-order valence-electron chi connectivity index (χ2n) is 5.26. The van der Waals surface area contributed by atoms with Crippen molar-refractivity contribution in [3.63, 3.8) is 0 Å². The van der Waals surface area contributed by atoms with Gasteiger partial charge in [-0.3, -0.25) is 19.7 Å². The number of hydrogen-bond acceptors (Lipinski definition) is 6. The monoisotopic (exact) mass is 412 g/mol. The normalized spacial score (nSPS) is 10.2. The average molecular weight is 413 g/mol. The van der Waals surface area contributed by atoms with Crippen LogP contribution in [0.15, 0.2) is 36.4 Å². The van der Waals surface area contributed by atoms with E-state index in [1.807, 2.05) is 0 Å². The second kappa shape index (κ2) is 9.20. The molecule has 0 bridgehead atoms. The molecule has 142 valence electrons. The van der Waals surface area contributed by atoms with Gasteiger partial charge < -0.3 is 14.8 Å². The number of ether oxygens (including phenoxy) is 2. The van der Waals surface area contributed by atoms with E-state index in [1.165, 1.54) is 19.2 Å². The molecule has 0 fully saturated rings. The summed E-state index contributed by atoms with van der Waals surface area (Å²) in [7, 11) is 1.45. The van der Waals surface area contributed by atoms with Gasteiger partial charge in [-0.25, -0.2) is 0 Å².